The molecule has 1 aromatic carbocycles. The lowest BCUT2D eigenvalue weighted by Gasteiger charge is -2.46. The zero-order valence-electron chi connectivity index (χ0n) is 12.4. The van der Waals surface area contributed by atoms with Gasteiger partial charge in [0.05, 0.1) is 11.8 Å². The van der Waals surface area contributed by atoms with Gasteiger partial charge >= 0.3 is 0 Å². The molecular formula is C16H26N2O. The van der Waals surface area contributed by atoms with Crippen LogP contribution in [0.4, 0.5) is 0 Å². The highest BCUT2D eigenvalue weighted by Gasteiger charge is 2.37. The van der Waals surface area contributed by atoms with E-state index < -0.39 is 0 Å². The van der Waals surface area contributed by atoms with Crippen LogP contribution in [0.5, 0.6) is 5.75 Å². The van der Waals surface area contributed by atoms with Crippen molar-refractivity contribution in [1.82, 2.24) is 10.2 Å². The largest absolute Gasteiger partial charge is 0.490 e. The second-order valence-electron chi connectivity index (χ2n) is 5.43. The van der Waals surface area contributed by atoms with Crippen LogP contribution in [-0.4, -0.2) is 37.3 Å². The smallest absolute Gasteiger partial charge is 0.119 e. The second-order valence-corrected chi connectivity index (χ2v) is 5.43. The van der Waals surface area contributed by atoms with Gasteiger partial charge in [0.25, 0.3) is 0 Å². The van der Waals surface area contributed by atoms with Crippen molar-refractivity contribution in [3.8, 4) is 5.75 Å². The molecule has 0 atom stereocenters. The summed E-state index contributed by atoms with van der Waals surface area (Å²) < 4.78 is 6.06. The number of hydrogen-bond acceptors (Lipinski definition) is 3. The van der Waals surface area contributed by atoms with Gasteiger partial charge in [0.15, 0.2) is 0 Å². The molecule has 0 saturated heterocycles. The molecule has 0 unspecified atom stereocenters. The van der Waals surface area contributed by atoms with Crippen molar-refractivity contribution in [2.75, 3.05) is 20.6 Å². The van der Waals surface area contributed by atoms with Gasteiger partial charge < -0.3 is 10.1 Å². The number of hydrogen-bond donors (Lipinski definition) is 1. The average Bonchev–Trinajstić information content (AvgIpc) is 2.48. The molecule has 0 bridgehead atoms. The Morgan fingerprint density at radius 3 is 2.42 bits per heavy atom. The zero-order chi connectivity index (χ0) is 13.7. The van der Waals surface area contributed by atoms with E-state index in [1.807, 2.05) is 30.3 Å². The van der Waals surface area contributed by atoms with Crippen LogP contribution in [0, 0.1) is 0 Å². The van der Waals surface area contributed by atoms with Gasteiger partial charge in [-0.1, -0.05) is 25.1 Å². The van der Waals surface area contributed by atoms with E-state index in [1.54, 1.807) is 0 Å². The van der Waals surface area contributed by atoms with Crippen molar-refractivity contribution >= 4 is 0 Å². The lowest BCUT2D eigenvalue weighted by Crippen LogP contribution is -2.58. The molecule has 0 aromatic heterocycles. The topological polar surface area (TPSA) is 24.5 Å². The molecule has 1 aliphatic rings. The fraction of sp³-hybridized carbons (Fsp3) is 0.625. The summed E-state index contributed by atoms with van der Waals surface area (Å²) in [5, 5.41) is 3.52. The summed E-state index contributed by atoms with van der Waals surface area (Å²) in [6, 6.07) is 10.2. The molecule has 106 valence electrons. The summed E-state index contributed by atoms with van der Waals surface area (Å²) in [7, 11) is 4.28. The Morgan fingerprint density at radius 2 is 1.89 bits per heavy atom. The lowest BCUT2D eigenvalue weighted by atomic mass is 9.86. The Labute approximate surface area is 116 Å². The van der Waals surface area contributed by atoms with Crippen LogP contribution in [0.15, 0.2) is 30.3 Å². The summed E-state index contributed by atoms with van der Waals surface area (Å²) in [6.45, 7) is 3.29. The average molecular weight is 262 g/mol. The van der Waals surface area contributed by atoms with Crippen LogP contribution in [0.3, 0.4) is 0 Å². The van der Waals surface area contributed by atoms with E-state index in [1.165, 1.54) is 0 Å². The first kappa shape index (κ1) is 14.4. The molecule has 1 fully saturated rings. The third kappa shape index (κ3) is 3.28. The van der Waals surface area contributed by atoms with E-state index in [-0.39, 0.29) is 5.66 Å². The van der Waals surface area contributed by atoms with E-state index in [0.717, 1.165) is 38.0 Å². The maximum Gasteiger partial charge on any atom is 0.119 e. The van der Waals surface area contributed by atoms with Crippen molar-refractivity contribution in [3.63, 3.8) is 0 Å². The van der Waals surface area contributed by atoms with E-state index in [2.05, 4.69) is 31.2 Å². The molecule has 1 aromatic rings. The van der Waals surface area contributed by atoms with Gasteiger partial charge in [-0.25, -0.2) is 0 Å². The molecule has 19 heavy (non-hydrogen) atoms. The van der Waals surface area contributed by atoms with Gasteiger partial charge in [-0.05, 0) is 58.5 Å². The number of ether oxygens (including phenoxy) is 1. The molecule has 0 heterocycles. The van der Waals surface area contributed by atoms with Crippen LogP contribution in [0.2, 0.25) is 0 Å². The number of rotatable bonds is 5. The number of benzene rings is 1. The standard InChI is InChI=1S/C16H26N2O/c1-4-18(3)16(17-2)12-10-15(11-13-16)19-14-8-6-5-7-9-14/h5-9,15,17H,4,10-13H2,1-3H3. The molecule has 2 rings (SSSR count). The molecule has 0 spiro atoms. The molecule has 3 heteroatoms. The Hall–Kier alpha value is -1.06. The lowest BCUT2D eigenvalue weighted by molar-refractivity contribution is 0.0135. The Morgan fingerprint density at radius 1 is 1.26 bits per heavy atom. The monoisotopic (exact) mass is 262 g/mol. The van der Waals surface area contributed by atoms with E-state index in [9.17, 15) is 0 Å². The van der Waals surface area contributed by atoms with Gasteiger partial charge in [-0.2, -0.15) is 0 Å². The van der Waals surface area contributed by atoms with Crippen molar-refractivity contribution in [3.05, 3.63) is 30.3 Å². The Kier molecular flexibility index (Phi) is 4.83. The van der Waals surface area contributed by atoms with Gasteiger partial charge in [0, 0.05) is 0 Å². The van der Waals surface area contributed by atoms with Gasteiger partial charge in [-0.15, -0.1) is 0 Å². The highest BCUT2D eigenvalue weighted by Crippen LogP contribution is 2.32. The fourth-order valence-electron chi connectivity index (χ4n) is 3.00. The van der Waals surface area contributed by atoms with Crippen molar-refractivity contribution < 1.29 is 4.74 Å². The number of nitrogens with zero attached hydrogens (tertiary/aromatic N) is 1. The molecule has 3 nitrogen and oxygen atoms in total. The summed E-state index contributed by atoms with van der Waals surface area (Å²) >= 11 is 0. The zero-order valence-corrected chi connectivity index (χ0v) is 12.4. The molecule has 1 saturated carbocycles. The maximum absolute atomic E-state index is 6.06. The van der Waals surface area contributed by atoms with Crippen LogP contribution in [0.1, 0.15) is 32.6 Å². The predicted molar refractivity (Wildman–Crippen MR) is 79.4 cm³/mol. The minimum Gasteiger partial charge on any atom is -0.490 e. The van der Waals surface area contributed by atoms with Gasteiger partial charge in [-0.3, -0.25) is 4.90 Å². The molecule has 0 amide bonds. The second kappa shape index (κ2) is 6.40. The van der Waals surface area contributed by atoms with Crippen LogP contribution in [0.25, 0.3) is 0 Å². The SMILES string of the molecule is CCN(C)C1(NC)CCC(Oc2ccccc2)CC1. The molecule has 0 aliphatic heterocycles. The molecule has 0 radical (unpaired) electrons. The summed E-state index contributed by atoms with van der Waals surface area (Å²) in [4.78, 5) is 2.42. The van der Waals surface area contributed by atoms with E-state index in [4.69, 9.17) is 4.74 Å². The van der Waals surface area contributed by atoms with E-state index >= 15 is 0 Å². The third-order valence-electron chi connectivity index (χ3n) is 4.48. The summed E-state index contributed by atoms with van der Waals surface area (Å²) in [5.41, 5.74) is 0.158. The maximum atomic E-state index is 6.06. The fourth-order valence-corrected chi connectivity index (χ4v) is 3.00. The first-order valence-electron chi connectivity index (χ1n) is 7.32. The van der Waals surface area contributed by atoms with E-state index in [0.29, 0.717) is 6.10 Å². The van der Waals surface area contributed by atoms with Crippen LogP contribution in [-0.2, 0) is 0 Å². The number of para-hydroxylation sites is 1. The third-order valence-corrected chi connectivity index (χ3v) is 4.48. The van der Waals surface area contributed by atoms with Gasteiger partial charge in [0.2, 0.25) is 0 Å². The van der Waals surface area contributed by atoms with Crippen molar-refractivity contribution in [1.29, 1.82) is 0 Å². The number of nitrogens with one attached hydrogen (secondary N) is 1. The first-order valence-corrected chi connectivity index (χ1v) is 7.32. The molecule has 1 aliphatic carbocycles. The predicted octanol–water partition coefficient (Wildman–Crippen LogP) is 2.88. The quantitative estimate of drug-likeness (QED) is 0.826. The highest BCUT2D eigenvalue weighted by molar-refractivity contribution is 5.21. The normalized spacial score (nSPS) is 27.5. The van der Waals surface area contributed by atoms with Gasteiger partial charge in [0.1, 0.15) is 5.75 Å². The molecule has 1 N–H and O–H groups in total. The first-order chi connectivity index (χ1) is 9.20. The minimum absolute atomic E-state index is 0.158. The van der Waals surface area contributed by atoms with Crippen LogP contribution >= 0.6 is 0 Å². The van der Waals surface area contributed by atoms with Crippen molar-refractivity contribution in [2.45, 2.75) is 44.4 Å². The summed E-state index contributed by atoms with van der Waals surface area (Å²) in [5.74, 6) is 0.994. The van der Waals surface area contributed by atoms with Crippen molar-refractivity contribution in [2.24, 2.45) is 0 Å². The highest BCUT2D eigenvalue weighted by atomic mass is 16.5. The van der Waals surface area contributed by atoms with Crippen LogP contribution < -0.4 is 10.1 Å². The Balaban J connectivity index is 1.91. The summed E-state index contributed by atoms with van der Waals surface area (Å²) in [6.07, 6.45) is 4.87. The Bertz CT molecular complexity index is 372. The molecular weight excluding hydrogens is 236 g/mol. The minimum atomic E-state index is 0.158.